The van der Waals surface area contributed by atoms with Crippen LogP contribution in [-0.2, 0) is 0 Å². The number of carbonyl (C=O) groups excluding carboxylic acids is 2. The number of ketones is 1. The van der Waals surface area contributed by atoms with Gasteiger partial charge in [0.1, 0.15) is 0 Å². The molecule has 0 bridgehead atoms. The maximum Gasteiger partial charge on any atom is 0.257 e. The number of nitrogens with zero attached hydrogens (tertiary/aromatic N) is 1. The normalized spacial score (nSPS) is 11.5. The number of nitrogens with one attached hydrogen (secondary N) is 2. The lowest BCUT2D eigenvalue weighted by molar-refractivity contribution is 0.101. The molecule has 1 unspecified atom stereocenters. The predicted molar refractivity (Wildman–Crippen MR) is 107 cm³/mol. The molecule has 2 aromatic carbocycles. The van der Waals surface area contributed by atoms with Crippen LogP contribution in [0.2, 0.25) is 0 Å². The van der Waals surface area contributed by atoms with Crippen molar-refractivity contribution >= 4 is 23.1 Å². The second-order valence-corrected chi connectivity index (χ2v) is 6.33. The summed E-state index contributed by atoms with van der Waals surface area (Å²) < 4.78 is 0. The van der Waals surface area contributed by atoms with Gasteiger partial charge in [0, 0.05) is 29.7 Å². The molecule has 27 heavy (non-hydrogen) atoms. The largest absolute Gasteiger partial charge is 0.377 e. The molecule has 1 heterocycles. The number of anilines is 2. The molecule has 1 aromatic heterocycles. The first-order chi connectivity index (χ1) is 13.0. The van der Waals surface area contributed by atoms with Crippen molar-refractivity contribution in [3.8, 4) is 0 Å². The average Bonchev–Trinajstić information content (AvgIpc) is 2.69. The Labute approximate surface area is 158 Å². The lowest BCUT2D eigenvalue weighted by atomic mass is 10.1. The molecule has 0 aliphatic carbocycles. The number of hydrogen-bond acceptors (Lipinski definition) is 4. The summed E-state index contributed by atoms with van der Waals surface area (Å²) in [7, 11) is 0. The van der Waals surface area contributed by atoms with Gasteiger partial charge in [-0.2, -0.15) is 0 Å². The highest BCUT2D eigenvalue weighted by Crippen LogP contribution is 2.19. The van der Waals surface area contributed by atoms with Gasteiger partial charge in [0.2, 0.25) is 0 Å². The molecule has 0 radical (unpaired) electrons. The van der Waals surface area contributed by atoms with Crippen LogP contribution in [0.15, 0.2) is 73.1 Å². The van der Waals surface area contributed by atoms with Crippen molar-refractivity contribution in [1.29, 1.82) is 0 Å². The summed E-state index contributed by atoms with van der Waals surface area (Å²) in [4.78, 5) is 28.0. The molecule has 5 heteroatoms. The molecule has 3 rings (SSSR count). The van der Waals surface area contributed by atoms with Crippen LogP contribution in [-0.4, -0.2) is 16.7 Å². The lowest BCUT2D eigenvalue weighted by Crippen LogP contribution is -2.13. The van der Waals surface area contributed by atoms with Gasteiger partial charge in [0.15, 0.2) is 5.78 Å². The molecule has 0 spiro atoms. The maximum absolute atomic E-state index is 12.5. The predicted octanol–water partition coefficient (Wildman–Crippen LogP) is 4.71. The zero-order chi connectivity index (χ0) is 19.2. The Morgan fingerprint density at radius 3 is 2.26 bits per heavy atom. The van der Waals surface area contributed by atoms with Gasteiger partial charge in [-0.3, -0.25) is 14.6 Å². The van der Waals surface area contributed by atoms with E-state index in [0.717, 1.165) is 11.3 Å². The molecule has 0 aliphatic heterocycles. The summed E-state index contributed by atoms with van der Waals surface area (Å²) in [6.45, 7) is 3.56. The first-order valence-corrected chi connectivity index (χ1v) is 8.72. The first-order valence-electron chi connectivity index (χ1n) is 8.72. The van der Waals surface area contributed by atoms with Gasteiger partial charge < -0.3 is 10.6 Å². The third-order valence-corrected chi connectivity index (χ3v) is 4.23. The summed E-state index contributed by atoms with van der Waals surface area (Å²) in [6.07, 6.45) is 3.22. The Kier molecular flexibility index (Phi) is 5.61. The van der Waals surface area contributed by atoms with E-state index in [0.29, 0.717) is 16.8 Å². The van der Waals surface area contributed by atoms with Crippen molar-refractivity contribution < 1.29 is 9.59 Å². The highest BCUT2D eigenvalue weighted by Gasteiger charge is 2.10. The van der Waals surface area contributed by atoms with E-state index in [2.05, 4.69) is 22.5 Å². The van der Waals surface area contributed by atoms with Crippen LogP contribution >= 0.6 is 0 Å². The van der Waals surface area contributed by atoms with Crippen LogP contribution in [0.25, 0.3) is 0 Å². The summed E-state index contributed by atoms with van der Waals surface area (Å²) >= 11 is 0. The second kappa shape index (κ2) is 8.27. The number of pyridine rings is 1. The number of amides is 1. The summed E-state index contributed by atoms with van der Waals surface area (Å²) in [5.41, 5.74) is 3.61. The number of carbonyl (C=O) groups is 2. The Bertz CT molecular complexity index is 937. The van der Waals surface area contributed by atoms with E-state index in [4.69, 9.17) is 0 Å². The van der Waals surface area contributed by atoms with Crippen LogP contribution in [0.1, 0.15) is 46.2 Å². The first kappa shape index (κ1) is 18.3. The highest BCUT2D eigenvalue weighted by atomic mass is 16.1. The number of aromatic nitrogens is 1. The minimum Gasteiger partial charge on any atom is -0.377 e. The van der Waals surface area contributed by atoms with Crippen molar-refractivity contribution in [1.82, 2.24) is 4.98 Å². The van der Waals surface area contributed by atoms with Gasteiger partial charge >= 0.3 is 0 Å². The molecule has 0 saturated carbocycles. The Hall–Kier alpha value is -3.47. The fourth-order valence-electron chi connectivity index (χ4n) is 2.71. The SMILES string of the molecule is CC(=O)c1ccc(NC(=O)c2cncc(NC(C)c3ccccc3)c2)cc1. The second-order valence-electron chi connectivity index (χ2n) is 6.33. The fourth-order valence-corrected chi connectivity index (χ4v) is 2.71. The van der Waals surface area contributed by atoms with E-state index in [1.54, 1.807) is 36.5 Å². The van der Waals surface area contributed by atoms with Crippen LogP contribution in [0.3, 0.4) is 0 Å². The smallest absolute Gasteiger partial charge is 0.257 e. The standard InChI is InChI=1S/C22H21N3O2/c1-15(17-6-4-3-5-7-17)24-21-12-19(13-23-14-21)22(27)25-20-10-8-18(9-11-20)16(2)26/h3-15,24H,1-2H3,(H,25,27). The van der Waals surface area contributed by atoms with E-state index >= 15 is 0 Å². The zero-order valence-electron chi connectivity index (χ0n) is 15.3. The summed E-state index contributed by atoms with van der Waals surface area (Å²) in [5.74, 6) is -0.266. The molecular weight excluding hydrogens is 338 g/mol. The van der Waals surface area contributed by atoms with Gasteiger partial charge in [-0.1, -0.05) is 30.3 Å². The highest BCUT2D eigenvalue weighted by molar-refractivity contribution is 6.04. The third kappa shape index (κ3) is 4.79. The number of rotatable bonds is 6. The van der Waals surface area contributed by atoms with Crippen LogP contribution < -0.4 is 10.6 Å². The van der Waals surface area contributed by atoms with Crippen molar-refractivity contribution in [2.75, 3.05) is 10.6 Å². The van der Waals surface area contributed by atoms with Gasteiger partial charge in [-0.05, 0) is 49.7 Å². The number of hydrogen-bond donors (Lipinski definition) is 2. The van der Waals surface area contributed by atoms with Crippen molar-refractivity contribution in [3.63, 3.8) is 0 Å². The molecule has 0 aliphatic rings. The third-order valence-electron chi connectivity index (χ3n) is 4.23. The zero-order valence-corrected chi connectivity index (χ0v) is 15.3. The molecular formula is C22H21N3O2. The van der Waals surface area contributed by atoms with E-state index < -0.39 is 0 Å². The van der Waals surface area contributed by atoms with Crippen molar-refractivity contribution in [2.24, 2.45) is 0 Å². The van der Waals surface area contributed by atoms with Gasteiger partial charge in [0.25, 0.3) is 5.91 Å². The fraction of sp³-hybridized carbons (Fsp3) is 0.136. The Morgan fingerprint density at radius 2 is 1.59 bits per heavy atom. The molecule has 5 nitrogen and oxygen atoms in total. The van der Waals surface area contributed by atoms with E-state index in [-0.39, 0.29) is 17.7 Å². The maximum atomic E-state index is 12.5. The Morgan fingerprint density at radius 1 is 0.889 bits per heavy atom. The Balaban J connectivity index is 1.69. The van der Waals surface area contributed by atoms with Crippen LogP contribution in [0.5, 0.6) is 0 Å². The molecule has 136 valence electrons. The van der Waals surface area contributed by atoms with E-state index in [1.165, 1.54) is 13.1 Å². The molecule has 2 N–H and O–H groups in total. The molecule has 3 aromatic rings. The van der Waals surface area contributed by atoms with Crippen LogP contribution in [0, 0.1) is 0 Å². The molecule has 0 saturated heterocycles. The monoisotopic (exact) mass is 359 g/mol. The van der Waals surface area contributed by atoms with Crippen molar-refractivity contribution in [3.05, 3.63) is 89.7 Å². The number of benzene rings is 2. The van der Waals surface area contributed by atoms with E-state index in [9.17, 15) is 9.59 Å². The summed E-state index contributed by atoms with van der Waals surface area (Å²) in [6, 6.07) is 18.7. The quantitative estimate of drug-likeness (QED) is 0.625. The van der Waals surface area contributed by atoms with Crippen LogP contribution in [0.4, 0.5) is 11.4 Å². The number of Topliss-reactive ketones (excluding diaryl/α,β-unsaturated/α-hetero) is 1. The van der Waals surface area contributed by atoms with E-state index in [1.807, 2.05) is 30.3 Å². The minimum atomic E-state index is -0.255. The van der Waals surface area contributed by atoms with Gasteiger partial charge in [-0.15, -0.1) is 0 Å². The minimum absolute atomic E-state index is 0.0108. The molecule has 1 amide bonds. The molecule has 0 fully saturated rings. The lowest BCUT2D eigenvalue weighted by Gasteiger charge is -2.16. The summed E-state index contributed by atoms with van der Waals surface area (Å²) in [5, 5.41) is 6.18. The molecule has 1 atom stereocenters. The van der Waals surface area contributed by atoms with Crippen molar-refractivity contribution in [2.45, 2.75) is 19.9 Å². The average molecular weight is 359 g/mol. The van der Waals surface area contributed by atoms with Gasteiger partial charge in [-0.25, -0.2) is 0 Å². The topological polar surface area (TPSA) is 71.1 Å². The van der Waals surface area contributed by atoms with Gasteiger partial charge in [0.05, 0.1) is 11.3 Å².